The van der Waals surface area contributed by atoms with Crippen molar-refractivity contribution >= 4 is 24.0 Å². The topological polar surface area (TPSA) is 64.3 Å². The van der Waals surface area contributed by atoms with Crippen molar-refractivity contribution in [2.24, 2.45) is 5.73 Å². The first-order valence-corrected chi connectivity index (χ1v) is 5.86. The van der Waals surface area contributed by atoms with Crippen LogP contribution in [0.25, 0.3) is 0 Å². The number of benzene rings is 1. The summed E-state index contributed by atoms with van der Waals surface area (Å²) in [6.45, 7) is 5.74. The van der Waals surface area contributed by atoms with Crippen molar-refractivity contribution in [3.05, 3.63) is 24.3 Å². The summed E-state index contributed by atoms with van der Waals surface area (Å²) in [7, 11) is 0. The lowest BCUT2D eigenvalue weighted by molar-refractivity contribution is -0.117. The van der Waals surface area contributed by atoms with Gasteiger partial charge in [0, 0.05) is 5.69 Å². The highest BCUT2D eigenvalue weighted by Crippen LogP contribution is 2.17. The van der Waals surface area contributed by atoms with E-state index in [4.69, 9.17) is 10.5 Å². The number of ether oxygens (including phenoxy) is 1. The van der Waals surface area contributed by atoms with Gasteiger partial charge in [0.2, 0.25) is 5.91 Å². The van der Waals surface area contributed by atoms with Gasteiger partial charge in [0.25, 0.3) is 0 Å². The summed E-state index contributed by atoms with van der Waals surface area (Å²) < 4.78 is 5.63. The largest absolute Gasteiger partial charge is 0.491 e. The van der Waals surface area contributed by atoms with Gasteiger partial charge in [-0.2, -0.15) is 0 Å². The Hall–Kier alpha value is -1.26. The average molecular weight is 273 g/mol. The third-order valence-electron chi connectivity index (χ3n) is 2.45. The molecule has 0 aliphatic carbocycles. The van der Waals surface area contributed by atoms with E-state index in [9.17, 15) is 4.79 Å². The third-order valence-corrected chi connectivity index (χ3v) is 2.45. The molecule has 0 fully saturated rings. The quantitative estimate of drug-likeness (QED) is 0.866. The van der Waals surface area contributed by atoms with Crippen molar-refractivity contribution in [1.82, 2.24) is 0 Å². The maximum absolute atomic E-state index is 11.4. The Kier molecular flexibility index (Phi) is 7.39. The zero-order chi connectivity index (χ0) is 12.8. The molecule has 0 bridgehead atoms. The molecule has 0 spiro atoms. The summed E-state index contributed by atoms with van der Waals surface area (Å²) in [5.74, 6) is 0.610. The van der Waals surface area contributed by atoms with E-state index >= 15 is 0 Å². The Morgan fingerprint density at radius 2 is 1.89 bits per heavy atom. The van der Waals surface area contributed by atoms with Gasteiger partial charge in [-0.05, 0) is 44.5 Å². The highest BCUT2D eigenvalue weighted by atomic mass is 35.5. The van der Waals surface area contributed by atoms with Crippen LogP contribution in [0.15, 0.2) is 24.3 Å². The van der Waals surface area contributed by atoms with Crippen LogP contribution < -0.4 is 15.8 Å². The minimum absolute atomic E-state index is 0. The number of nitrogens with one attached hydrogen (secondary N) is 1. The molecule has 4 nitrogen and oxygen atoms in total. The van der Waals surface area contributed by atoms with Crippen LogP contribution in [0.2, 0.25) is 0 Å². The van der Waals surface area contributed by atoms with Crippen LogP contribution in [0.1, 0.15) is 27.2 Å². The van der Waals surface area contributed by atoms with Crippen LogP contribution in [0.5, 0.6) is 5.75 Å². The number of rotatable bonds is 5. The van der Waals surface area contributed by atoms with E-state index in [-0.39, 0.29) is 24.4 Å². The maximum Gasteiger partial charge on any atom is 0.240 e. The molecule has 5 heteroatoms. The van der Waals surface area contributed by atoms with E-state index < -0.39 is 6.04 Å². The van der Waals surface area contributed by atoms with Crippen LogP contribution in [0.3, 0.4) is 0 Å². The standard InChI is InChI=1S/C13H20N2O2.ClH/c1-4-9(2)17-12-7-5-11(6-8-12)15-13(16)10(3)14;/h5-10H,4,14H2,1-3H3,(H,15,16);1H/t9?,10-;/m0./s1. The molecular formula is C13H21ClN2O2. The van der Waals surface area contributed by atoms with Gasteiger partial charge in [0.15, 0.2) is 0 Å². The van der Waals surface area contributed by atoms with Crippen LogP contribution in [-0.4, -0.2) is 18.1 Å². The smallest absolute Gasteiger partial charge is 0.240 e. The Morgan fingerprint density at radius 1 is 1.33 bits per heavy atom. The van der Waals surface area contributed by atoms with E-state index in [2.05, 4.69) is 12.2 Å². The van der Waals surface area contributed by atoms with Gasteiger partial charge in [-0.25, -0.2) is 0 Å². The molecule has 0 aromatic heterocycles. The number of carbonyl (C=O) groups is 1. The molecule has 0 radical (unpaired) electrons. The third kappa shape index (κ3) is 5.38. The van der Waals surface area contributed by atoms with Gasteiger partial charge < -0.3 is 15.8 Å². The molecule has 1 aromatic rings. The Balaban J connectivity index is 0.00000289. The zero-order valence-electron chi connectivity index (χ0n) is 11.0. The van der Waals surface area contributed by atoms with Crippen LogP contribution in [0.4, 0.5) is 5.69 Å². The molecule has 0 saturated carbocycles. The van der Waals surface area contributed by atoms with Crippen LogP contribution in [-0.2, 0) is 4.79 Å². The predicted octanol–water partition coefficient (Wildman–Crippen LogP) is 2.57. The van der Waals surface area contributed by atoms with Crippen LogP contribution in [0, 0.1) is 0 Å². The normalized spacial score (nSPS) is 13.1. The summed E-state index contributed by atoms with van der Waals surface area (Å²) in [6, 6.07) is 6.77. The first kappa shape index (κ1) is 16.7. The fraction of sp³-hybridized carbons (Fsp3) is 0.462. The fourth-order valence-electron chi connectivity index (χ4n) is 1.19. The Labute approximate surface area is 114 Å². The number of nitrogens with two attached hydrogens (primary N) is 1. The average Bonchev–Trinajstić information content (AvgIpc) is 2.31. The monoisotopic (exact) mass is 272 g/mol. The van der Waals surface area contributed by atoms with Gasteiger partial charge >= 0.3 is 0 Å². The number of halogens is 1. The molecule has 0 saturated heterocycles. The first-order chi connectivity index (χ1) is 8.02. The fourth-order valence-corrected chi connectivity index (χ4v) is 1.19. The SMILES string of the molecule is CCC(C)Oc1ccc(NC(=O)[C@H](C)N)cc1.Cl. The van der Waals surface area contributed by atoms with E-state index in [1.807, 2.05) is 19.1 Å². The van der Waals surface area contributed by atoms with Gasteiger partial charge in [0.1, 0.15) is 5.75 Å². The lowest BCUT2D eigenvalue weighted by Gasteiger charge is -2.13. The molecule has 0 aliphatic heterocycles. The molecule has 0 aliphatic rings. The van der Waals surface area contributed by atoms with Crippen LogP contribution >= 0.6 is 12.4 Å². The molecular weight excluding hydrogens is 252 g/mol. The summed E-state index contributed by atoms with van der Waals surface area (Å²) >= 11 is 0. The van der Waals surface area contributed by atoms with Gasteiger partial charge in [-0.3, -0.25) is 4.79 Å². The number of hydrogen-bond donors (Lipinski definition) is 2. The minimum Gasteiger partial charge on any atom is -0.491 e. The molecule has 0 heterocycles. The van der Waals surface area contributed by atoms with Crippen molar-refractivity contribution in [1.29, 1.82) is 0 Å². The predicted molar refractivity (Wildman–Crippen MR) is 76.4 cm³/mol. The second-order valence-electron chi connectivity index (χ2n) is 4.14. The Morgan fingerprint density at radius 3 is 2.33 bits per heavy atom. The Bertz CT molecular complexity index is 366. The molecule has 3 N–H and O–H groups in total. The van der Waals surface area contributed by atoms with E-state index in [1.54, 1.807) is 19.1 Å². The first-order valence-electron chi connectivity index (χ1n) is 5.86. The lowest BCUT2D eigenvalue weighted by atomic mass is 10.2. The van der Waals surface area contributed by atoms with Gasteiger partial charge in [-0.15, -0.1) is 12.4 Å². The second kappa shape index (κ2) is 7.95. The maximum atomic E-state index is 11.4. The van der Waals surface area contributed by atoms with Gasteiger partial charge in [-0.1, -0.05) is 6.92 Å². The van der Waals surface area contributed by atoms with E-state index in [0.717, 1.165) is 17.9 Å². The molecule has 1 amide bonds. The summed E-state index contributed by atoms with van der Waals surface area (Å²) in [6.07, 6.45) is 1.16. The van der Waals surface area contributed by atoms with E-state index in [0.29, 0.717) is 0 Å². The van der Waals surface area contributed by atoms with Crippen molar-refractivity contribution in [3.63, 3.8) is 0 Å². The molecule has 102 valence electrons. The molecule has 18 heavy (non-hydrogen) atoms. The summed E-state index contributed by atoms with van der Waals surface area (Å²) in [5, 5.41) is 2.72. The molecule has 1 unspecified atom stereocenters. The van der Waals surface area contributed by atoms with Crippen molar-refractivity contribution in [3.8, 4) is 5.75 Å². The summed E-state index contributed by atoms with van der Waals surface area (Å²) in [4.78, 5) is 11.4. The molecule has 2 atom stereocenters. The number of carbonyl (C=O) groups excluding carboxylic acids is 1. The molecule has 1 aromatic carbocycles. The highest BCUT2D eigenvalue weighted by Gasteiger charge is 2.07. The number of hydrogen-bond acceptors (Lipinski definition) is 3. The van der Waals surface area contributed by atoms with Gasteiger partial charge in [0.05, 0.1) is 12.1 Å². The second-order valence-corrected chi connectivity index (χ2v) is 4.14. The minimum atomic E-state index is -0.508. The number of amides is 1. The summed E-state index contributed by atoms with van der Waals surface area (Å²) in [5.41, 5.74) is 6.19. The van der Waals surface area contributed by atoms with Crippen molar-refractivity contribution in [2.45, 2.75) is 39.3 Å². The van der Waals surface area contributed by atoms with Crippen molar-refractivity contribution < 1.29 is 9.53 Å². The zero-order valence-corrected chi connectivity index (χ0v) is 11.8. The highest BCUT2D eigenvalue weighted by molar-refractivity contribution is 5.94. The number of anilines is 1. The van der Waals surface area contributed by atoms with E-state index in [1.165, 1.54) is 0 Å². The molecule has 1 rings (SSSR count). The lowest BCUT2D eigenvalue weighted by Crippen LogP contribution is -2.32. The van der Waals surface area contributed by atoms with Crippen molar-refractivity contribution in [2.75, 3.05) is 5.32 Å².